The van der Waals surface area contributed by atoms with Crippen LogP contribution in [0, 0.1) is 11.8 Å². The van der Waals surface area contributed by atoms with E-state index in [1.165, 1.54) is 20.4 Å². The van der Waals surface area contributed by atoms with Crippen LogP contribution < -0.4 is 16.0 Å². The highest BCUT2D eigenvalue weighted by molar-refractivity contribution is 5.78. The largest absolute Gasteiger partial charge is 0.444 e. The lowest BCUT2D eigenvalue weighted by atomic mass is 10.1. The van der Waals surface area contributed by atoms with Gasteiger partial charge in [-0.1, -0.05) is 42.5 Å². The van der Waals surface area contributed by atoms with Crippen molar-refractivity contribution < 1.29 is 33.4 Å². The maximum atomic E-state index is 11.4. The van der Waals surface area contributed by atoms with E-state index in [4.69, 9.17) is 14.2 Å². The molecule has 290 valence electrons. The molecule has 2 fully saturated rings. The van der Waals surface area contributed by atoms with E-state index in [1.807, 2.05) is 81.1 Å². The monoisotopic (exact) mass is 694 g/mol. The normalized spacial score (nSPS) is 14.3. The van der Waals surface area contributed by atoms with Crippen molar-refractivity contribution in [1.82, 2.24) is 25.8 Å². The van der Waals surface area contributed by atoms with Gasteiger partial charge in [0, 0.05) is 70.6 Å². The van der Waals surface area contributed by atoms with Crippen LogP contribution in [0.5, 0.6) is 0 Å². The lowest BCUT2D eigenvalue weighted by Crippen LogP contribution is -2.42. The first-order chi connectivity index (χ1) is 21.0. The van der Waals surface area contributed by atoms with Crippen molar-refractivity contribution in [2.75, 3.05) is 65.7 Å². The van der Waals surface area contributed by atoms with Gasteiger partial charge in [-0.3, -0.25) is 19.3 Å². The molecule has 2 heterocycles. The van der Waals surface area contributed by atoms with E-state index in [9.17, 15) is 19.2 Å². The van der Waals surface area contributed by atoms with Gasteiger partial charge in [0.15, 0.2) is 0 Å². The van der Waals surface area contributed by atoms with Gasteiger partial charge in [0.05, 0.1) is 26.4 Å². The van der Waals surface area contributed by atoms with Crippen LogP contribution in [0.3, 0.4) is 0 Å². The second-order valence-electron chi connectivity index (χ2n) is 14.2. The van der Waals surface area contributed by atoms with Gasteiger partial charge in [-0.05, 0) is 68.2 Å². The first kappa shape index (κ1) is 55.0. The van der Waals surface area contributed by atoms with Gasteiger partial charge < -0.3 is 35.1 Å². The van der Waals surface area contributed by atoms with E-state index < -0.39 is 5.60 Å². The van der Waals surface area contributed by atoms with Gasteiger partial charge in [-0.15, -0.1) is 0 Å². The highest BCUT2D eigenvalue weighted by Gasteiger charge is 2.19. The molecule has 0 aromatic carbocycles. The van der Waals surface area contributed by atoms with Crippen molar-refractivity contribution >= 4 is 23.8 Å². The zero-order valence-corrected chi connectivity index (χ0v) is 32.1. The highest BCUT2D eigenvalue weighted by Crippen LogP contribution is 2.06. The number of rotatable bonds is 5. The minimum absolute atomic E-state index is 0. The maximum absolute atomic E-state index is 11.4. The Bertz CT molecular complexity index is 811. The van der Waals surface area contributed by atoms with Crippen molar-refractivity contribution in [2.24, 2.45) is 11.8 Å². The van der Waals surface area contributed by atoms with Gasteiger partial charge in [-0.25, -0.2) is 4.79 Å². The molecule has 4 amide bonds. The molecule has 0 atom stereocenters. The second kappa shape index (κ2) is 30.6. The Hall–Kier alpha value is -2.44. The van der Waals surface area contributed by atoms with Crippen LogP contribution >= 0.6 is 0 Å². The number of carbonyl (C=O) groups is 4. The summed E-state index contributed by atoms with van der Waals surface area (Å²) in [4.78, 5) is 46.9. The topological polar surface area (TPSA) is 139 Å². The summed E-state index contributed by atoms with van der Waals surface area (Å²) in [6.07, 6.45) is -0.354. The molecule has 0 aromatic heterocycles. The summed E-state index contributed by atoms with van der Waals surface area (Å²) >= 11 is 0. The summed E-state index contributed by atoms with van der Waals surface area (Å²) in [7, 11) is 0. The number of hydrogen-bond donors (Lipinski definition) is 3. The third-order valence-corrected chi connectivity index (χ3v) is 5.33. The van der Waals surface area contributed by atoms with E-state index in [0.29, 0.717) is 13.2 Å². The Morgan fingerprint density at radius 1 is 0.750 bits per heavy atom. The molecule has 0 spiro atoms. The highest BCUT2D eigenvalue weighted by atomic mass is 16.6. The summed E-state index contributed by atoms with van der Waals surface area (Å²) in [5.74, 6) is 1.22. The number of hydrogen-bond acceptors (Lipinski definition) is 8. The summed E-state index contributed by atoms with van der Waals surface area (Å²) < 4.78 is 15.4. The molecule has 0 bridgehead atoms. The fraction of sp³-hybridized carbons (Fsp3) is 0.889. The number of carbonyl (C=O) groups excluding carboxylic acids is 4. The quantitative estimate of drug-likeness (QED) is 0.332. The molecular formula is C36H79N5O7. The average molecular weight is 694 g/mol. The molecule has 12 heteroatoms. The van der Waals surface area contributed by atoms with Crippen molar-refractivity contribution in [3.63, 3.8) is 0 Å². The summed E-state index contributed by atoms with van der Waals surface area (Å²) in [6, 6.07) is 0.129. The molecule has 0 aliphatic carbocycles. The Kier molecular flexibility index (Phi) is 35.1. The minimum atomic E-state index is -0.404. The lowest BCUT2D eigenvalue weighted by molar-refractivity contribution is -0.138. The maximum Gasteiger partial charge on any atom is 0.407 e. The van der Waals surface area contributed by atoms with Crippen LogP contribution in [0.15, 0.2) is 0 Å². The zero-order valence-electron chi connectivity index (χ0n) is 32.1. The van der Waals surface area contributed by atoms with E-state index in [-0.39, 0.29) is 56.2 Å². The fourth-order valence-electron chi connectivity index (χ4n) is 3.77. The third kappa shape index (κ3) is 43.6. The van der Waals surface area contributed by atoms with E-state index in [0.717, 1.165) is 51.9 Å². The third-order valence-electron chi connectivity index (χ3n) is 5.33. The van der Waals surface area contributed by atoms with Crippen LogP contribution in [-0.2, 0) is 28.6 Å². The standard InChI is InChI=1S/C8H15NO2.C8H17NO2.C8H17NO.C6H13NO.C4H9NO.2CH4/c1-7(2)8(10)9-3-5-11-6-4-9;1-6(2)9-7(10)11-8(3,4)5;1-8(2)7-9-3-5-10-6-4-9;1-5(8)7-6(2,3)4;1-3-5-4(2)6;;/h7H,3-6H2,1-2H3;6H,1-5H3,(H,9,10);8H,3-7H2,1-2H3;1-4H3,(H,7,8);3H2,1-2H3,(H,5,6);2*1H4. The summed E-state index contributed by atoms with van der Waals surface area (Å²) in [5.41, 5.74) is -0.481. The number of nitrogens with zero attached hydrogens (tertiary/aromatic N) is 2. The van der Waals surface area contributed by atoms with Gasteiger partial charge in [0.1, 0.15) is 5.60 Å². The first-order valence-electron chi connectivity index (χ1n) is 16.7. The van der Waals surface area contributed by atoms with E-state index >= 15 is 0 Å². The Morgan fingerprint density at radius 3 is 1.44 bits per heavy atom. The molecule has 2 aliphatic heterocycles. The van der Waals surface area contributed by atoms with Crippen LogP contribution in [-0.4, -0.2) is 116 Å². The number of ether oxygens (including phenoxy) is 3. The van der Waals surface area contributed by atoms with E-state index in [2.05, 4.69) is 34.7 Å². The fourth-order valence-corrected chi connectivity index (χ4v) is 3.77. The van der Waals surface area contributed by atoms with Crippen molar-refractivity contribution in [1.29, 1.82) is 0 Å². The SMILES string of the molecule is C.C.CC(=O)NC(C)(C)C.CC(C)C(=O)N1CCOCC1.CC(C)CN1CCOCC1.CC(C)NC(=O)OC(C)(C)C.CCNC(C)=O. The second-order valence-corrected chi connectivity index (χ2v) is 14.2. The molecule has 0 unspecified atom stereocenters. The smallest absolute Gasteiger partial charge is 0.407 e. The predicted octanol–water partition coefficient (Wildman–Crippen LogP) is 5.73. The predicted molar refractivity (Wildman–Crippen MR) is 200 cm³/mol. The molecule has 0 radical (unpaired) electrons. The molecule has 2 rings (SSSR count). The number of amides is 4. The first-order valence-corrected chi connectivity index (χ1v) is 16.7. The average Bonchev–Trinajstić information content (AvgIpc) is 2.87. The molecule has 2 aliphatic rings. The van der Waals surface area contributed by atoms with Crippen LogP contribution in [0.1, 0.15) is 119 Å². The van der Waals surface area contributed by atoms with Gasteiger partial charge in [-0.2, -0.15) is 0 Å². The number of nitrogens with one attached hydrogen (secondary N) is 3. The summed E-state index contributed by atoms with van der Waals surface area (Å²) in [6.45, 7) is 37.4. The molecule has 2 saturated heterocycles. The number of morpholine rings is 2. The summed E-state index contributed by atoms with van der Waals surface area (Å²) in [5, 5.41) is 7.95. The lowest BCUT2D eigenvalue weighted by Gasteiger charge is -2.28. The molecule has 3 N–H and O–H groups in total. The van der Waals surface area contributed by atoms with Crippen LogP contribution in [0.4, 0.5) is 4.79 Å². The van der Waals surface area contributed by atoms with Gasteiger partial charge >= 0.3 is 6.09 Å². The Morgan fingerprint density at radius 2 is 1.19 bits per heavy atom. The zero-order chi connectivity index (χ0) is 36.5. The van der Waals surface area contributed by atoms with Crippen LogP contribution in [0.2, 0.25) is 0 Å². The van der Waals surface area contributed by atoms with Gasteiger partial charge in [0.25, 0.3) is 0 Å². The molecule has 48 heavy (non-hydrogen) atoms. The number of alkyl carbamates (subject to hydrolysis) is 1. The molecule has 0 aromatic rings. The molecular weight excluding hydrogens is 614 g/mol. The van der Waals surface area contributed by atoms with E-state index in [1.54, 1.807) is 0 Å². The minimum Gasteiger partial charge on any atom is -0.444 e. The Balaban J connectivity index is -0.000000161. The van der Waals surface area contributed by atoms with Crippen molar-refractivity contribution in [3.8, 4) is 0 Å². The Labute approximate surface area is 296 Å². The van der Waals surface area contributed by atoms with Crippen LogP contribution in [0.25, 0.3) is 0 Å². The van der Waals surface area contributed by atoms with Crippen molar-refractivity contribution in [2.45, 2.75) is 136 Å². The van der Waals surface area contributed by atoms with Crippen molar-refractivity contribution in [3.05, 3.63) is 0 Å². The van der Waals surface area contributed by atoms with Gasteiger partial charge in [0.2, 0.25) is 17.7 Å². The molecule has 0 saturated carbocycles. The molecule has 12 nitrogen and oxygen atoms in total.